The van der Waals surface area contributed by atoms with E-state index in [-0.39, 0.29) is 23.9 Å². The lowest BCUT2D eigenvalue weighted by molar-refractivity contribution is -0.204. The second kappa shape index (κ2) is 12.9. The first kappa shape index (κ1) is 28.5. The van der Waals surface area contributed by atoms with Gasteiger partial charge in [0.25, 0.3) is 0 Å². The number of aliphatic hydroxyl groups is 1. The predicted octanol–water partition coefficient (Wildman–Crippen LogP) is 8.67. The quantitative estimate of drug-likeness (QED) is 0.212. The predicted molar refractivity (Wildman–Crippen MR) is 143 cm³/mol. The lowest BCUT2D eigenvalue weighted by Gasteiger charge is -2.39. The van der Waals surface area contributed by atoms with Crippen molar-refractivity contribution in [1.82, 2.24) is 0 Å². The van der Waals surface area contributed by atoms with Gasteiger partial charge in [-0.05, 0) is 54.3 Å². The Morgan fingerprint density at radius 3 is 2.15 bits per heavy atom. The molecule has 0 radical (unpaired) electrons. The van der Waals surface area contributed by atoms with Crippen molar-refractivity contribution in [2.45, 2.75) is 169 Å². The number of aliphatic hydroxyl groups excluding tert-OH is 1. The van der Waals surface area contributed by atoms with Crippen molar-refractivity contribution in [1.29, 1.82) is 0 Å². The Morgan fingerprint density at radius 1 is 0.882 bits per heavy atom. The van der Waals surface area contributed by atoms with Gasteiger partial charge in [-0.2, -0.15) is 0 Å². The Kier molecular flexibility index (Phi) is 10.8. The number of rotatable bonds is 17. The summed E-state index contributed by atoms with van der Waals surface area (Å²) in [7, 11) is 0. The van der Waals surface area contributed by atoms with Crippen LogP contribution in [0.3, 0.4) is 0 Å². The summed E-state index contributed by atoms with van der Waals surface area (Å²) in [6, 6.07) is 0. The normalized spacial score (nSPS) is 33.5. The standard InChI is InChI=1S/C31H58O3/c1-7-8-9-10-11-12-13-14-19-27(26(32)18-16-15-17-23(2)3)33-28-22-24-25-20-21-31(6,29(24)34-28)30(25,4)5/h23-29,32H,7-22H2,1-6H3/t24-,25+,26-,27+,28-,29-,31-/m0/s1. The minimum atomic E-state index is -0.357. The van der Waals surface area contributed by atoms with Gasteiger partial charge >= 0.3 is 0 Å². The van der Waals surface area contributed by atoms with Gasteiger partial charge in [0.15, 0.2) is 6.29 Å². The van der Waals surface area contributed by atoms with Crippen LogP contribution in [0.1, 0.15) is 144 Å². The molecular weight excluding hydrogens is 420 g/mol. The van der Waals surface area contributed by atoms with E-state index in [0.717, 1.165) is 43.9 Å². The van der Waals surface area contributed by atoms with Crippen molar-refractivity contribution in [3.63, 3.8) is 0 Å². The summed E-state index contributed by atoms with van der Waals surface area (Å²) in [6.45, 7) is 14.2. The summed E-state index contributed by atoms with van der Waals surface area (Å²) in [6.07, 6.45) is 19.4. The molecule has 1 aliphatic heterocycles. The van der Waals surface area contributed by atoms with Gasteiger partial charge in [-0.3, -0.25) is 0 Å². The smallest absolute Gasteiger partial charge is 0.158 e. The first-order valence-electron chi connectivity index (χ1n) is 15.2. The Morgan fingerprint density at radius 2 is 1.50 bits per heavy atom. The Bertz CT molecular complexity index is 587. The van der Waals surface area contributed by atoms with Crippen LogP contribution in [0.4, 0.5) is 0 Å². The van der Waals surface area contributed by atoms with Crippen molar-refractivity contribution >= 4 is 0 Å². The SMILES string of the molecule is CCCCCCCCCC[C@@H](O[C@@H]1C[C@H]2[C@H]3CC[C@@](C)([C@H]2O1)C3(C)C)[C@@H](O)CCCCC(C)C. The average molecular weight is 479 g/mol. The largest absolute Gasteiger partial charge is 0.390 e. The molecule has 1 N–H and O–H groups in total. The molecule has 200 valence electrons. The van der Waals surface area contributed by atoms with E-state index in [0.29, 0.717) is 17.4 Å². The zero-order valence-corrected chi connectivity index (χ0v) is 23.6. The highest BCUT2D eigenvalue weighted by atomic mass is 16.7. The van der Waals surface area contributed by atoms with E-state index in [1.807, 2.05) is 0 Å². The maximum absolute atomic E-state index is 11.1. The molecule has 3 fully saturated rings. The monoisotopic (exact) mass is 478 g/mol. The summed E-state index contributed by atoms with van der Waals surface area (Å²) in [4.78, 5) is 0. The Balaban J connectivity index is 1.48. The van der Waals surface area contributed by atoms with Crippen LogP contribution in [-0.2, 0) is 9.47 Å². The summed E-state index contributed by atoms with van der Waals surface area (Å²) < 4.78 is 13.3. The van der Waals surface area contributed by atoms with Gasteiger partial charge in [-0.25, -0.2) is 0 Å². The summed E-state index contributed by atoms with van der Waals surface area (Å²) in [5.74, 6) is 2.16. The van der Waals surface area contributed by atoms with Crippen LogP contribution in [0.5, 0.6) is 0 Å². The molecule has 34 heavy (non-hydrogen) atoms. The molecule has 1 heterocycles. The topological polar surface area (TPSA) is 38.7 Å². The van der Waals surface area contributed by atoms with Crippen LogP contribution in [-0.4, -0.2) is 29.7 Å². The highest BCUT2D eigenvalue weighted by Gasteiger charge is 2.69. The van der Waals surface area contributed by atoms with Crippen LogP contribution in [0.25, 0.3) is 0 Å². The Labute approximate surface area is 212 Å². The molecule has 0 aromatic carbocycles. The van der Waals surface area contributed by atoms with E-state index < -0.39 is 0 Å². The molecule has 3 heteroatoms. The van der Waals surface area contributed by atoms with Crippen LogP contribution in [0, 0.1) is 28.6 Å². The maximum Gasteiger partial charge on any atom is 0.158 e. The van der Waals surface area contributed by atoms with Gasteiger partial charge in [0.05, 0.1) is 18.3 Å². The molecule has 0 unspecified atom stereocenters. The van der Waals surface area contributed by atoms with Crippen LogP contribution in [0.15, 0.2) is 0 Å². The highest BCUT2D eigenvalue weighted by molar-refractivity contribution is 5.16. The zero-order chi connectivity index (χ0) is 24.8. The van der Waals surface area contributed by atoms with Crippen molar-refractivity contribution in [2.24, 2.45) is 28.6 Å². The molecule has 3 nitrogen and oxygen atoms in total. The second-order valence-electron chi connectivity index (χ2n) is 13.4. The van der Waals surface area contributed by atoms with Gasteiger partial charge in [0.1, 0.15) is 0 Å². The van der Waals surface area contributed by atoms with Gasteiger partial charge in [-0.1, -0.05) is 112 Å². The van der Waals surface area contributed by atoms with Crippen molar-refractivity contribution in [3.05, 3.63) is 0 Å². The van der Waals surface area contributed by atoms with Gasteiger partial charge in [-0.15, -0.1) is 0 Å². The Hall–Kier alpha value is -0.120. The molecule has 2 saturated carbocycles. The zero-order valence-electron chi connectivity index (χ0n) is 23.6. The third-order valence-corrected chi connectivity index (χ3v) is 10.3. The number of fused-ring (bicyclic) bond motifs is 5. The molecule has 2 aliphatic carbocycles. The number of ether oxygens (including phenoxy) is 2. The second-order valence-corrected chi connectivity index (χ2v) is 13.4. The fraction of sp³-hybridized carbons (Fsp3) is 1.00. The van der Waals surface area contributed by atoms with E-state index in [1.165, 1.54) is 70.6 Å². The number of hydrogen-bond acceptors (Lipinski definition) is 3. The summed E-state index contributed by atoms with van der Waals surface area (Å²) in [5.41, 5.74) is 0.656. The fourth-order valence-electron chi connectivity index (χ4n) is 7.69. The molecular formula is C31H58O3. The van der Waals surface area contributed by atoms with Crippen molar-refractivity contribution in [3.8, 4) is 0 Å². The number of unbranched alkanes of at least 4 members (excludes halogenated alkanes) is 8. The van der Waals surface area contributed by atoms with E-state index >= 15 is 0 Å². The molecule has 0 aromatic heterocycles. The molecule has 3 aliphatic rings. The molecule has 0 aromatic rings. The van der Waals surface area contributed by atoms with Gasteiger partial charge < -0.3 is 14.6 Å². The van der Waals surface area contributed by atoms with Crippen LogP contribution in [0.2, 0.25) is 0 Å². The third kappa shape index (κ3) is 6.60. The fourth-order valence-corrected chi connectivity index (χ4v) is 7.69. The van der Waals surface area contributed by atoms with Crippen molar-refractivity contribution in [2.75, 3.05) is 0 Å². The van der Waals surface area contributed by atoms with Gasteiger partial charge in [0, 0.05) is 6.42 Å². The summed E-state index contributed by atoms with van der Waals surface area (Å²) in [5, 5.41) is 11.1. The lowest BCUT2D eigenvalue weighted by Crippen LogP contribution is -2.39. The minimum absolute atomic E-state index is 0.0681. The van der Waals surface area contributed by atoms with Gasteiger partial charge in [0.2, 0.25) is 0 Å². The van der Waals surface area contributed by atoms with E-state index in [1.54, 1.807) is 0 Å². The first-order valence-corrected chi connectivity index (χ1v) is 15.2. The van der Waals surface area contributed by atoms with Crippen LogP contribution < -0.4 is 0 Å². The third-order valence-electron chi connectivity index (χ3n) is 10.3. The number of hydrogen-bond donors (Lipinski definition) is 1. The highest BCUT2D eigenvalue weighted by Crippen LogP contribution is 2.71. The maximum atomic E-state index is 11.1. The molecule has 0 spiro atoms. The molecule has 2 bridgehead atoms. The lowest BCUT2D eigenvalue weighted by atomic mass is 9.70. The first-order chi connectivity index (χ1) is 16.2. The van der Waals surface area contributed by atoms with Crippen molar-refractivity contribution < 1.29 is 14.6 Å². The molecule has 0 amide bonds. The van der Waals surface area contributed by atoms with E-state index in [9.17, 15) is 5.11 Å². The minimum Gasteiger partial charge on any atom is -0.390 e. The molecule has 1 saturated heterocycles. The molecule has 7 atom stereocenters. The van der Waals surface area contributed by atoms with E-state index in [2.05, 4.69) is 41.5 Å². The van der Waals surface area contributed by atoms with E-state index in [4.69, 9.17) is 9.47 Å². The average Bonchev–Trinajstić information content (AvgIpc) is 3.35. The summed E-state index contributed by atoms with van der Waals surface area (Å²) >= 11 is 0. The van der Waals surface area contributed by atoms with Crippen LogP contribution >= 0.6 is 0 Å². The molecule has 3 rings (SSSR count).